The van der Waals surface area contributed by atoms with E-state index in [1.165, 1.54) is 35.2 Å². The number of aromatic nitrogens is 1. The number of hydrogen-bond donors (Lipinski definition) is 0. The molecule has 0 spiro atoms. The van der Waals surface area contributed by atoms with Crippen molar-refractivity contribution in [2.75, 3.05) is 31.1 Å². The van der Waals surface area contributed by atoms with Gasteiger partial charge in [-0.3, -0.25) is 14.9 Å². The molecule has 7 heteroatoms. The first-order chi connectivity index (χ1) is 13.9. The predicted octanol–water partition coefficient (Wildman–Crippen LogP) is 3.72. The summed E-state index contributed by atoms with van der Waals surface area (Å²) in [4.78, 5) is 31.9. The molecule has 1 fully saturated rings. The van der Waals surface area contributed by atoms with Crippen molar-refractivity contribution in [3.63, 3.8) is 0 Å². The number of hydrogen-bond acceptors (Lipinski definition) is 5. The molecule has 3 aromatic rings. The standard InChI is InChI=1S/C22H22N4O3/c1-15-4-3-5-19-16(2)14-20(23-21(15)19)24-10-12-25(13-11-24)22(27)17-6-8-18(9-7-17)26(28)29/h3-9,14H,10-13H2,1-2H3. The van der Waals surface area contributed by atoms with Gasteiger partial charge in [0, 0.05) is 49.3 Å². The summed E-state index contributed by atoms with van der Waals surface area (Å²) in [6.45, 7) is 6.73. The molecule has 2 aromatic carbocycles. The molecule has 0 aliphatic carbocycles. The van der Waals surface area contributed by atoms with Gasteiger partial charge in [0.2, 0.25) is 0 Å². The third-order valence-electron chi connectivity index (χ3n) is 5.45. The molecule has 0 atom stereocenters. The van der Waals surface area contributed by atoms with Crippen molar-refractivity contribution in [1.82, 2.24) is 9.88 Å². The Kier molecular flexibility index (Phi) is 4.88. The molecular weight excluding hydrogens is 368 g/mol. The highest BCUT2D eigenvalue weighted by Crippen LogP contribution is 2.25. The quantitative estimate of drug-likeness (QED) is 0.503. The van der Waals surface area contributed by atoms with Gasteiger partial charge in [0.05, 0.1) is 10.4 Å². The first kappa shape index (κ1) is 18.9. The first-order valence-electron chi connectivity index (χ1n) is 9.59. The highest BCUT2D eigenvalue weighted by atomic mass is 16.6. The van der Waals surface area contributed by atoms with E-state index in [2.05, 4.69) is 43.0 Å². The maximum atomic E-state index is 12.7. The van der Waals surface area contributed by atoms with Gasteiger partial charge in [0.25, 0.3) is 11.6 Å². The number of rotatable bonds is 3. The van der Waals surface area contributed by atoms with E-state index < -0.39 is 4.92 Å². The summed E-state index contributed by atoms with van der Waals surface area (Å²) < 4.78 is 0. The number of pyridine rings is 1. The Morgan fingerprint density at radius 1 is 1.00 bits per heavy atom. The molecule has 0 radical (unpaired) electrons. The van der Waals surface area contributed by atoms with Crippen molar-refractivity contribution >= 4 is 28.3 Å². The molecule has 1 aromatic heterocycles. The van der Waals surface area contributed by atoms with Crippen molar-refractivity contribution in [2.24, 2.45) is 0 Å². The van der Waals surface area contributed by atoms with E-state index in [-0.39, 0.29) is 11.6 Å². The summed E-state index contributed by atoms with van der Waals surface area (Å²) in [7, 11) is 0. The third-order valence-corrected chi connectivity index (χ3v) is 5.45. The van der Waals surface area contributed by atoms with Crippen LogP contribution in [0, 0.1) is 24.0 Å². The number of para-hydroxylation sites is 1. The number of carbonyl (C=O) groups excluding carboxylic acids is 1. The lowest BCUT2D eigenvalue weighted by Gasteiger charge is -2.35. The smallest absolute Gasteiger partial charge is 0.269 e. The van der Waals surface area contributed by atoms with E-state index in [4.69, 9.17) is 4.98 Å². The van der Waals surface area contributed by atoms with E-state index in [0.717, 1.165) is 16.9 Å². The topological polar surface area (TPSA) is 79.6 Å². The van der Waals surface area contributed by atoms with E-state index in [1.807, 2.05) is 0 Å². The molecule has 1 aliphatic rings. The van der Waals surface area contributed by atoms with Crippen molar-refractivity contribution in [2.45, 2.75) is 13.8 Å². The van der Waals surface area contributed by atoms with E-state index in [1.54, 1.807) is 4.90 Å². The molecule has 0 N–H and O–H groups in total. The van der Waals surface area contributed by atoms with Gasteiger partial charge in [-0.15, -0.1) is 0 Å². The average molecular weight is 390 g/mol. The normalized spacial score (nSPS) is 14.3. The molecule has 1 amide bonds. The lowest BCUT2D eigenvalue weighted by molar-refractivity contribution is -0.384. The minimum absolute atomic E-state index is 0.0144. The second-order valence-corrected chi connectivity index (χ2v) is 7.35. The van der Waals surface area contributed by atoms with Crippen LogP contribution in [0.1, 0.15) is 21.5 Å². The summed E-state index contributed by atoms with van der Waals surface area (Å²) in [6.07, 6.45) is 0. The summed E-state index contributed by atoms with van der Waals surface area (Å²) in [5.41, 5.74) is 3.82. The minimum Gasteiger partial charge on any atom is -0.353 e. The molecule has 4 rings (SSSR count). The number of aryl methyl sites for hydroxylation is 2. The Morgan fingerprint density at radius 2 is 1.69 bits per heavy atom. The van der Waals surface area contributed by atoms with Crippen LogP contribution in [0.5, 0.6) is 0 Å². The molecule has 2 heterocycles. The van der Waals surface area contributed by atoms with Crippen molar-refractivity contribution in [1.29, 1.82) is 0 Å². The fourth-order valence-electron chi connectivity index (χ4n) is 3.75. The summed E-state index contributed by atoms with van der Waals surface area (Å²) in [5, 5.41) is 11.9. The second kappa shape index (κ2) is 7.50. The molecule has 1 aliphatic heterocycles. The van der Waals surface area contributed by atoms with Gasteiger partial charge >= 0.3 is 0 Å². The number of fused-ring (bicyclic) bond motifs is 1. The average Bonchev–Trinajstić information content (AvgIpc) is 2.74. The van der Waals surface area contributed by atoms with Crippen LogP contribution in [0.2, 0.25) is 0 Å². The van der Waals surface area contributed by atoms with Crippen LogP contribution in [0.15, 0.2) is 48.5 Å². The number of nitro groups is 1. The number of anilines is 1. The molecule has 7 nitrogen and oxygen atoms in total. The Morgan fingerprint density at radius 3 is 2.34 bits per heavy atom. The van der Waals surface area contributed by atoms with Gasteiger partial charge in [0.1, 0.15) is 5.82 Å². The maximum Gasteiger partial charge on any atom is 0.269 e. The van der Waals surface area contributed by atoms with Crippen molar-refractivity contribution in [3.8, 4) is 0 Å². The predicted molar refractivity (Wildman–Crippen MR) is 112 cm³/mol. The molecular formula is C22H22N4O3. The lowest BCUT2D eigenvalue weighted by atomic mass is 10.1. The molecule has 0 unspecified atom stereocenters. The minimum atomic E-state index is -0.465. The van der Waals surface area contributed by atoms with Crippen LogP contribution in [-0.2, 0) is 0 Å². The Bertz CT molecular complexity index is 1090. The van der Waals surface area contributed by atoms with Crippen LogP contribution in [0.3, 0.4) is 0 Å². The zero-order chi connectivity index (χ0) is 20.5. The van der Waals surface area contributed by atoms with Gasteiger partial charge in [-0.25, -0.2) is 4.98 Å². The van der Waals surface area contributed by atoms with Gasteiger partial charge in [-0.2, -0.15) is 0 Å². The van der Waals surface area contributed by atoms with Crippen LogP contribution in [0.4, 0.5) is 11.5 Å². The van der Waals surface area contributed by atoms with Crippen LogP contribution >= 0.6 is 0 Å². The zero-order valence-electron chi connectivity index (χ0n) is 16.5. The molecule has 0 saturated carbocycles. The maximum absolute atomic E-state index is 12.7. The lowest BCUT2D eigenvalue weighted by Crippen LogP contribution is -2.49. The summed E-state index contributed by atoms with van der Waals surface area (Å²) in [5.74, 6) is 0.838. The Hall–Kier alpha value is -3.48. The zero-order valence-corrected chi connectivity index (χ0v) is 16.5. The van der Waals surface area contributed by atoms with Crippen molar-refractivity contribution in [3.05, 3.63) is 75.3 Å². The number of non-ortho nitro benzene ring substituents is 1. The monoisotopic (exact) mass is 390 g/mol. The van der Waals surface area contributed by atoms with E-state index in [0.29, 0.717) is 31.7 Å². The van der Waals surface area contributed by atoms with Gasteiger partial charge in [-0.1, -0.05) is 18.2 Å². The summed E-state index contributed by atoms with van der Waals surface area (Å²) >= 11 is 0. The van der Waals surface area contributed by atoms with Gasteiger partial charge in [0.15, 0.2) is 0 Å². The number of piperazine rings is 1. The van der Waals surface area contributed by atoms with Crippen LogP contribution < -0.4 is 4.90 Å². The number of amides is 1. The fourth-order valence-corrected chi connectivity index (χ4v) is 3.75. The Labute approximate surface area is 168 Å². The van der Waals surface area contributed by atoms with Crippen LogP contribution in [0.25, 0.3) is 10.9 Å². The number of nitro benzene ring substituents is 1. The van der Waals surface area contributed by atoms with Gasteiger partial charge < -0.3 is 9.80 Å². The highest BCUT2D eigenvalue weighted by Gasteiger charge is 2.24. The molecule has 29 heavy (non-hydrogen) atoms. The fraction of sp³-hybridized carbons (Fsp3) is 0.273. The number of nitrogens with zero attached hydrogens (tertiary/aromatic N) is 4. The Balaban J connectivity index is 1.48. The van der Waals surface area contributed by atoms with E-state index in [9.17, 15) is 14.9 Å². The SMILES string of the molecule is Cc1cc(N2CCN(C(=O)c3ccc([N+](=O)[O-])cc3)CC2)nc2c(C)cccc12. The number of carbonyl (C=O) groups is 1. The number of benzene rings is 2. The van der Waals surface area contributed by atoms with Gasteiger partial charge in [-0.05, 0) is 43.2 Å². The third kappa shape index (κ3) is 3.63. The molecule has 1 saturated heterocycles. The van der Waals surface area contributed by atoms with Crippen molar-refractivity contribution < 1.29 is 9.72 Å². The van der Waals surface area contributed by atoms with E-state index >= 15 is 0 Å². The molecule has 148 valence electrons. The highest BCUT2D eigenvalue weighted by molar-refractivity contribution is 5.94. The molecule has 0 bridgehead atoms. The first-order valence-corrected chi connectivity index (χ1v) is 9.59. The largest absolute Gasteiger partial charge is 0.353 e. The second-order valence-electron chi connectivity index (χ2n) is 7.35. The summed E-state index contributed by atoms with van der Waals surface area (Å²) in [6, 6.07) is 14.1. The van der Waals surface area contributed by atoms with Crippen LogP contribution in [-0.4, -0.2) is 46.9 Å².